The van der Waals surface area contributed by atoms with Gasteiger partial charge in [0.15, 0.2) is 0 Å². The predicted octanol–water partition coefficient (Wildman–Crippen LogP) is 4.59. The van der Waals surface area contributed by atoms with E-state index in [1.54, 1.807) is 18.2 Å². The average molecular weight is 412 g/mol. The Hall–Kier alpha value is -2.79. The summed E-state index contributed by atoms with van der Waals surface area (Å²) in [5.74, 6) is -0.169. The van der Waals surface area contributed by atoms with Gasteiger partial charge in [-0.2, -0.15) is 0 Å². The molecule has 1 heterocycles. The number of aryl methyl sites for hydroxylation is 1. The van der Waals surface area contributed by atoms with Gasteiger partial charge in [0.1, 0.15) is 5.57 Å². The van der Waals surface area contributed by atoms with Gasteiger partial charge in [-0.1, -0.05) is 43.6 Å². The van der Waals surface area contributed by atoms with Gasteiger partial charge in [0.05, 0.1) is 5.69 Å². The van der Waals surface area contributed by atoms with Crippen molar-refractivity contribution in [3.8, 4) is 0 Å². The maximum absolute atomic E-state index is 12.8. The molecule has 1 aliphatic rings. The molecule has 0 bridgehead atoms. The number of hydrazine groups is 1. The second-order valence-corrected chi connectivity index (χ2v) is 8.18. The Morgan fingerprint density at radius 1 is 1.14 bits per heavy atom. The Labute approximate surface area is 176 Å². The Kier molecular flexibility index (Phi) is 6.28. The molecule has 1 fully saturated rings. The summed E-state index contributed by atoms with van der Waals surface area (Å²) in [6.45, 7) is 7.28. The highest BCUT2D eigenvalue weighted by Crippen LogP contribution is 2.26. The number of anilines is 2. The standard InChI is InChI=1S/C23H26ClN3O2/c1-15(2)11-12-26(4)18-9-6-17(7-10-18)13-20-22(28)25-27(23(20)29)19-8-5-16(3)21(24)14-19/h5-10,13-15H,11-12H2,1-4H3,(H,25,28)/b20-13+. The molecule has 5 nitrogen and oxygen atoms in total. The molecule has 2 amide bonds. The van der Waals surface area contributed by atoms with Crippen LogP contribution in [0.2, 0.25) is 5.02 Å². The number of carbonyl (C=O) groups excluding carboxylic acids is 2. The SMILES string of the molecule is Cc1ccc(N2NC(=O)/C(=C\c3ccc(N(C)CCC(C)C)cc3)C2=O)cc1Cl. The van der Waals surface area contributed by atoms with Gasteiger partial charge in [-0.25, -0.2) is 5.01 Å². The number of nitrogens with zero attached hydrogens (tertiary/aromatic N) is 2. The summed E-state index contributed by atoms with van der Waals surface area (Å²) in [5, 5.41) is 1.77. The van der Waals surface area contributed by atoms with Crippen LogP contribution in [0, 0.1) is 12.8 Å². The molecule has 3 rings (SSSR count). The molecule has 0 unspecified atom stereocenters. The van der Waals surface area contributed by atoms with E-state index in [0.717, 1.165) is 29.8 Å². The molecular formula is C23H26ClN3O2. The molecule has 1 saturated heterocycles. The third-order valence-corrected chi connectivity index (χ3v) is 5.40. The number of benzene rings is 2. The van der Waals surface area contributed by atoms with Gasteiger partial charge in [0.2, 0.25) is 0 Å². The van der Waals surface area contributed by atoms with E-state index < -0.39 is 11.8 Å². The second-order valence-electron chi connectivity index (χ2n) is 7.77. The van der Waals surface area contributed by atoms with Crippen LogP contribution in [-0.2, 0) is 9.59 Å². The molecule has 0 saturated carbocycles. The average Bonchev–Trinajstić information content (AvgIpc) is 2.97. The first-order valence-corrected chi connectivity index (χ1v) is 10.1. The van der Waals surface area contributed by atoms with Crippen LogP contribution in [0.5, 0.6) is 0 Å². The van der Waals surface area contributed by atoms with E-state index in [0.29, 0.717) is 16.6 Å². The molecule has 6 heteroatoms. The van der Waals surface area contributed by atoms with Crippen LogP contribution in [0.15, 0.2) is 48.0 Å². The van der Waals surface area contributed by atoms with Crippen LogP contribution in [0.4, 0.5) is 11.4 Å². The van der Waals surface area contributed by atoms with Gasteiger partial charge in [-0.3, -0.25) is 15.0 Å². The maximum atomic E-state index is 12.8. The van der Waals surface area contributed by atoms with Crippen LogP contribution >= 0.6 is 11.6 Å². The Morgan fingerprint density at radius 2 is 1.83 bits per heavy atom. The van der Waals surface area contributed by atoms with E-state index >= 15 is 0 Å². The van der Waals surface area contributed by atoms with E-state index in [9.17, 15) is 9.59 Å². The zero-order chi connectivity index (χ0) is 21.1. The highest BCUT2D eigenvalue weighted by atomic mass is 35.5. The molecule has 29 heavy (non-hydrogen) atoms. The van der Waals surface area contributed by atoms with E-state index in [1.807, 2.05) is 37.3 Å². The molecule has 1 aliphatic heterocycles. The van der Waals surface area contributed by atoms with Crippen molar-refractivity contribution in [2.45, 2.75) is 27.2 Å². The van der Waals surface area contributed by atoms with Crippen LogP contribution in [0.3, 0.4) is 0 Å². The van der Waals surface area contributed by atoms with Crippen LogP contribution in [0.25, 0.3) is 6.08 Å². The minimum Gasteiger partial charge on any atom is -0.375 e. The molecule has 0 aromatic heterocycles. The first-order valence-electron chi connectivity index (χ1n) is 9.70. The normalized spacial score (nSPS) is 15.4. The third kappa shape index (κ3) is 4.80. The molecule has 0 atom stereocenters. The summed E-state index contributed by atoms with van der Waals surface area (Å²) in [6.07, 6.45) is 2.74. The third-order valence-electron chi connectivity index (χ3n) is 4.99. The molecule has 2 aromatic rings. The number of carbonyl (C=O) groups is 2. The minimum atomic E-state index is -0.426. The number of hydrogen-bond acceptors (Lipinski definition) is 3. The Bertz CT molecular complexity index is 951. The van der Waals surface area contributed by atoms with Crippen LogP contribution in [-0.4, -0.2) is 25.4 Å². The number of amides is 2. The highest BCUT2D eigenvalue weighted by molar-refractivity contribution is 6.33. The number of rotatable bonds is 6. The van der Waals surface area contributed by atoms with Crippen molar-refractivity contribution in [3.05, 3.63) is 64.2 Å². The van der Waals surface area contributed by atoms with Crippen LogP contribution in [0.1, 0.15) is 31.4 Å². The van der Waals surface area contributed by atoms with Gasteiger partial charge in [0.25, 0.3) is 11.8 Å². The molecule has 0 aliphatic carbocycles. The molecular weight excluding hydrogens is 386 g/mol. The summed E-state index contributed by atoms with van der Waals surface area (Å²) < 4.78 is 0. The van der Waals surface area contributed by atoms with Crippen molar-refractivity contribution in [3.63, 3.8) is 0 Å². The van der Waals surface area contributed by atoms with Crippen LogP contribution < -0.4 is 15.3 Å². The summed E-state index contributed by atoms with van der Waals surface area (Å²) in [7, 11) is 2.06. The molecule has 1 N–H and O–H groups in total. The van der Waals surface area contributed by atoms with Crippen molar-refractivity contribution in [1.29, 1.82) is 0 Å². The van der Waals surface area contributed by atoms with Crippen molar-refractivity contribution < 1.29 is 9.59 Å². The molecule has 2 aromatic carbocycles. The van der Waals surface area contributed by atoms with Gasteiger partial charge >= 0.3 is 0 Å². The molecule has 0 spiro atoms. The lowest BCUT2D eigenvalue weighted by molar-refractivity contribution is -0.117. The largest absolute Gasteiger partial charge is 0.375 e. The maximum Gasteiger partial charge on any atom is 0.282 e. The monoisotopic (exact) mass is 411 g/mol. The summed E-state index contributed by atoms with van der Waals surface area (Å²) in [4.78, 5) is 27.3. The lowest BCUT2D eigenvalue weighted by atomic mass is 10.1. The Balaban J connectivity index is 1.77. The second kappa shape index (κ2) is 8.70. The first-order chi connectivity index (χ1) is 13.8. The summed E-state index contributed by atoms with van der Waals surface area (Å²) in [5.41, 5.74) is 6.04. The van der Waals surface area contributed by atoms with E-state index in [1.165, 1.54) is 5.01 Å². The number of nitrogens with one attached hydrogen (secondary N) is 1. The van der Waals surface area contributed by atoms with Crippen molar-refractivity contribution in [1.82, 2.24) is 5.43 Å². The highest BCUT2D eigenvalue weighted by Gasteiger charge is 2.34. The Morgan fingerprint density at radius 3 is 2.45 bits per heavy atom. The number of halogens is 1. The topological polar surface area (TPSA) is 52.7 Å². The van der Waals surface area contributed by atoms with Gasteiger partial charge in [-0.15, -0.1) is 0 Å². The predicted molar refractivity (Wildman–Crippen MR) is 119 cm³/mol. The van der Waals surface area contributed by atoms with E-state index in [2.05, 4.69) is 31.2 Å². The lowest BCUT2D eigenvalue weighted by Crippen LogP contribution is -2.35. The zero-order valence-electron chi connectivity index (χ0n) is 17.2. The molecule has 152 valence electrons. The quantitative estimate of drug-likeness (QED) is 0.558. The molecule has 0 radical (unpaired) electrons. The van der Waals surface area contributed by atoms with Crippen molar-refractivity contribution >= 4 is 40.9 Å². The zero-order valence-corrected chi connectivity index (χ0v) is 18.0. The summed E-state index contributed by atoms with van der Waals surface area (Å²) >= 11 is 6.15. The van der Waals surface area contributed by atoms with Gasteiger partial charge in [-0.05, 0) is 60.7 Å². The number of hydrogen-bond donors (Lipinski definition) is 1. The van der Waals surface area contributed by atoms with E-state index in [-0.39, 0.29) is 5.57 Å². The fraction of sp³-hybridized carbons (Fsp3) is 0.304. The lowest BCUT2D eigenvalue weighted by Gasteiger charge is -2.20. The fourth-order valence-electron chi connectivity index (χ4n) is 3.03. The van der Waals surface area contributed by atoms with Gasteiger partial charge in [0, 0.05) is 24.3 Å². The van der Waals surface area contributed by atoms with E-state index in [4.69, 9.17) is 11.6 Å². The summed E-state index contributed by atoms with van der Waals surface area (Å²) in [6, 6.07) is 13.1. The smallest absolute Gasteiger partial charge is 0.282 e. The van der Waals surface area contributed by atoms with Crippen molar-refractivity contribution in [2.24, 2.45) is 5.92 Å². The van der Waals surface area contributed by atoms with Gasteiger partial charge < -0.3 is 4.90 Å². The fourth-order valence-corrected chi connectivity index (χ4v) is 3.21. The first kappa shape index (κ1) is 20.9. The minimum absolute atomic E-state index is 0.0996. The van der Waals surface area contributed by atoms with Crippen molar-refractivity contribution in [2.75, 3.05) is 23.5 Å².